The zero-order chi connectivity index (χ0) is 22.5. The van der Waals surface area contributed by atoms with Crippen molar-refractivity contribution in [2.45, 2.75) is 20.1 Å². The maximum atomic E-state index is 14.6. The molecule has 0 saturated carbocycles. The molecule has 164 valence electrons. The van der Waals surface area contributed by atoms with Gasteiger partial charge in [-0.25, -0.2) is 14.4 Å². The molecule has 0 fully saturated rings. The molecule has 0 unspecified atom stereocenters. The summed E-state index contributed by atoms with van der Waals surface area (Å²) < 4.78 is 27.3. The van der Waals surface area contributed by atoms with E-state index in [-0.39, 0.29) is 18.3 Å². The molecule has 32 heavy (non-hydrogen) atoms. The minimum absolute atomic E-state index is 0.184. The van der Waals surface area contributed by atoms with Gasteiger partial charge >= 0.3 is 0 Å². The van der Waals surface area contributed by atoms with Gasteiger partial charge in [0, 0.05) is 29.9 Å². The Bertz CT molecular complexity index is 1220. The van der Waals surface area contributed by atoms with E-state index >= 15 is 0 Å². The van der Waals surface area contributed by atoms with Crippen molar-refractivity contribution in [1.82, 2.24) is 19.9 Å². The van der Waals surface area contributed by atoms with Gasteiger partial charge < -0.3 is 19.4 Å². The van der Waals surface area contributed by atoms with Crippen molar-refractivity contribution in [3.05, 3.63) is 88.1 Å². The van der Waals surface area contributed by atoms with Crippen LogP contribution in [0.3, 0.4) is 0 Å². The smallest absolute Gasteiger partial charge is 0.251 e. The van der Waals surface area contributed by atoms with Crippen LogP contribution < -0.4 is 14.8 Å². The van der Waals surface area contributed by atoms with E-state index in [2.05, 4.69) is 15.3 Å². The van der Waals surface area contributed by atoms with E-state index in [1.165, 1.54) is 24.5 Å². The zero-order valence-electron chi connectivity index (χ0n) is 17.5. The van der Waals surface area contributed by atoms with Crippen LogP contribution in [0.5, 0.6) is 11.5 Å². The van der Waals surface area contributed by atoms with Gasteiger partial charge in [0.25, 0.3) is 5.91 Å². The highest BCUT2D eigenvalue weighted by atomic mass is 32.1. The SMILES string of the molecule is COc1cc(C(=O)NCc2ccc(-n3ccnc3C)c(F)c2)ccc1OCc1cscn1. The van der Waals surface area contributed by atoms with E-state index < -0.39 is 0 Å². The third-order valence-electron chi connectivity index (χ3n) is 4.84. The Kier molecular flexibility index (Phi) is 6.46. The van der Waals surface area contributed by atoms with Crippen molar-refractivity contribution in [2.75, 3.05) is 7.11 Å². The van der Waals surface area contributed by atoms with Crippen LogP contribution in [0, 0.1) is 12.7 Å². The molecule has 0 spiro atoms. The van der Waals surface area contributed by atoms with E-state index in [0.29, 0.717) is 40.7 Å². The van der Waals surface area contributed by atoms with E-state index in [9.17, 15) is 9.18 Å². The number of ether oxygens (including phenoxy) is 2. The lowest BCUT2D eigenvalue weighted by Gasteiger charge is -2.12. The largest absolute Gasteiger partial charge is 0.493 e. The van der Waals surface area contributed by atoms with Gasteiger partial charge in [-0.3, -0.25) is 4.79 Å². The molecule has 7 nitrogen and oxygen atoms in total. The predicted molar refractivity (Wildman–Crippen MR) is 119 cm³/mol. The van der Waals surface area contributed by atoms with Crippen LogP contribution in [0.15, 0.2) is 59.7 Å². The number of nitrogens with one attached hydrogen (secondary N) is 1. The van der Waals surface area contributed by atoms with Gasteiger partial charge in [-0.15, -0.1) is 11.3 Å². The zero-order valence-corrected chi connectivity index (χ0v) is 18.4. The molecule has 0 aliphatic carbocycles. The number of hydrogen-bond donors (Lipinski definition) is 1. The van der Waals surface area contributed by atoms with Gasteiger partial charge in [0.1, 0.15) is 18.2 Å². The minimum Gasteiger partial charge on any atom is -0.493 e. The van der Waals surface area contributed by atoms with Crippen LogP contribution >= 0.6 is 11.3 Å². The number of imidazole rings is 1. The Balaban J connectivity index is 1.40. The number of halogens is 1. The molecule has 1 N–H and O–H groups in total. The molecule has 2 aromatic carbocycles. The summed E-state index contributed by atoms with van der Waals surface area (Å²) in [6.45, 7) is 2.30. The van der Waals surface area contributed by atoms with E-state index in [1.807, 2.05) is 5.38 Å². The molecule has 0 radical (unpaired) electrons. The second kappa shape index (κ2) is 9.61. The lowest BCUT2D eigenvalue weighted by Crippen LogP contribution is -2.23. The number of methoxy groups -OCH3 is 1. The Hall–Kier alpha value is -3.72. The number of benzene rings is 2. The summed E-state index contributed by atoms with van der Waals surface area (Å²) >= 11 is 1.49. The molecule has 0 aliphatic heterocycles. The van der Waals surface area contributed by atoms with Crippen molar-refractivity contribution >= 4 is 17.2 Å². The van der Waals surface area contributed by atoms with Crippen molar-refractivity contribution in [1.29, 1.82) is 0 Å². The second-order valence-corrected chi connectivity index (χ2v) is 7.67. The lowest BCUT2D eigenvalue weighted by atomic mass is 10.1. The van der Waals surface area contributed by atoms with E-state index in [1.54, 1.807) is 59.7 Å². The molecule has 0 saturated heterocycles. The number of hydrogen-bond acceptors (Lipinski definition) is 6. The molecule has 0 bridgehead atoms. The van der Waals surface area contributed by atoms with Crippen LogP contribution in [0.1, 0.15) is 27.4 Å². The monoisotopic (exact) mass is 452 g/mol. The minimum atomic E-state index is -0.388. The van der Waals surface area contributed by atoms with Crippen molar-refractivity contribution in [3.8, 4) is 17.2 Å². The number of amides is 1. The third-order valence-corrected chi connectivity index (χ3v) is 5.47. The molecule has 1 amide bonds. The van der Waals surface area contributed by atoms with Crippen LogP contribution in [-0.4, -0.2) is 27.6 Å². The maximum absolute atomic E-state index is 14.6. The van der Waals surface area contributed by atoms with Crippen LogP contribution in [0.2, 0.25) is 0 Å². The van der Waals surface area contributed by atoms with Crippen molar-refractivity contribution in [2.24, 2.45) is 0 Å². The Labute approximate surface area is 188 Å². The first-order valence-electron chi connectivity index (χ1n) is 9.80. The summed E-state index contributed by atoms with van der Waals surface area (Å²) in [7, 11) is 1.51. The Morgan fingerprint density at radius 1 is 1.19 bits per heavy atom. The third kappa shape index (κ3) is 4.78. The molecule has 9 heteroatoms. The topological polar surface area (TPSA) is 78.3 Å². The average Bonchev–Trinajstić information content (AvgIpc) is 3.48. The van der Waals surface area contributed by atoms with Crippen LogP contribution in [0.25, 0.3) is 5.69 Å². The number of aromatic nitrogens is 3. The molecule has 4 rings (SSSR count). The molecule has 0 aliphatic rings. The highest BCUT2D eigenvalue weighted by molar-refractivity contribution is 7.07. The first-order valence-corrected chi connectivity index (χ1v) is 10.7. The van der Waals surface area contributed by atoms with E-state index in [0.717, 1.165) is 5.69 Å². The predicted octanol–water partition coefficient (Wildman–Crippen LogP) is 4.29. The van der Waals surface area contributed by atoms with Gasteiger partial charge in [-0.05, 0) is 42.8 Å². The standard InChI is InChI=1S/C23H21FN4O3S/c1-15-25-7-8-28(15)20-5-3-16(9-19(20)24)11-26-23(29)17-4-6-21(22(10-17)30-2)31-12-18-13-32-14-27-18/h3-10,13-14H,11-12H2,1-2H3,(H,26,29). The average molecular weight is 453 g/mol. The summed E-state index contributed by atoms with van der Waals surface area (Å²) in [6.07, 6.45) is 3.32. The fraction of sp³-hybridized carbons (Fsp3) is 0.174. The quantitative estimate of drug-likeness (QED) is 0.431. The highest BCUT2D eigenvalue weighted by Crippen LogP contribution is 2.29. The fourth-order valence-corrected chi connectivity index (χ4v) is 3.70. The molecular weight excluding hydrogens is 431 g/mol. The number of rotatable bonds is 8. The lowest BCUT2D eigenvalue weighted by molar-refractivity contribution is 0.0950. The van der Waals surface area contributed by atoms with Crippen molar-refractivity contribution in [3.63, 3.8) is 0 Å². The summed E-state index contributed by atoms with van der Waals surface area (Å²) in [5.74, 6) is 0.965. The van der Waals surface area contributed by atoms with Crippen LogP contribution in [-0.2, 0) is 13.2 Å². The van der Waals surface area contributed by atoms with E-state index in [4.69, 9.17) is 9.47 Å². The summed E-state index contributed by atoms with van der Waals surface area (Å²) in [6, 6.07) is 9.79. The molecule has 2 aromatic heterocycles. The molecule has 4 aromatic rings. The summed E-state index contributed by atoms with van der Waals surface area (Å²) in [4.78, 5) is 20.9. The number of thiazole rings is 1. The van der Waals surface area contributed by atoms with Gasteiger partial charge in [-0.1, -0.05) is 6.07 Å². The summed E-state index contributed by atoms with van der Waals surface area (Å²) in [5.41, 5.74) is 4.02. The normalized spacial score (nSPS) is 10.7. The van der Waals surface area contributed by atoms with Gasteiger partial charge in [-0.2, -0.15) is 0 Å². The molecule has 0 atom stereocenters. The first-order chi connectivity index (χ1) is 15.5. The first kappa shape index (κ1) is 21.5. The maximum Gasteiger partial charge on any atom is 0.251 e. The van der Waals surface area contributed by atoms with Crippen molar-refractivity contribution < 1.29 is 18.7 Å². The van der Waals surface area contributed by atoms with Gasteiger partial charge in [0.15, 0.2) is 11.5 Å². The molecular formula is C23H21FN4O3S. The Morgan fingerprint density at radius 2 is 2.06 bits per heavy atom. The van der Waals surface area contributed by atoms with Gasteiger partial charge in [0.2, 0.25) is 0 Å². The van der Waals surface area contributed by atoms with Crippen LogP contribution in [0.4, 0.5) is 4.39 Å². The van der Waals surface area contributed by atoms with Gasteiger partial charge in [0.05, 0.1) is 24.0 Å². The summed E-state index contributed by atoms with van der Waals surface area (Å²) in [5, 5.41) is 4.71. The fourth-order valence-electron chi connectivity index (χ4n) is 3.16. The molecule has 2 heterocycles. The number of nitrogens with zero attached hydrogens (tertiary/aromatic N) is 3. The number of carbonyl (C=O) groups excluding carboxylic acids is 1. The number of aryl methyl sites for hydroxylation is 1. The second-order valence-electron chi connectivity index (χ2n) is 6.95. The Morgan fingerprint density at radius 3 is 2.75 bits per heavy atom. The highest BCUT2D eigenvalue weighted by Gasteiger charge is 2.13. The number of carbonyl (C=O) groups is 1.